The van der Waals surface area contributed by atoms with Gasteiger partial charge in [-0.3, -0.25) is 10.1 Å². The zero-order valence-corrected chi connectivity index (χ0v) is 14.0. The number of nitrogens with one attached hydrogen (secondary N) is 2. The number of carbonyl (C=O) groups excluding carboxylic acids is 1. The lowest BCUT2D eigenvalue weighted by molar-refractivity contribution is -0.143. The second kappa shape index (κ2) is 5.67. The van der Waals surface area contributed by atoms with E-state index in [-0.39, 0.29) is 18.1 Å². The lowest BCUT2D eigenvalue weighted by Crippen LogP contribution is -2.45. The van der Waals surface area contributed by atoms with E-state index in [0.29, 0.717) is 6.42 Å². The molecule has 0 bridgehead atoms. The van der Waals surface area contributed by atoms with E-state index in [9.17, 15) is 4.79 Å². The van der Waals surface area contributed by atoms with Crippen molar-refractivity contribution in [2.75, 3.05) is 7.11 Å². The van der Waals surface area contributed by atoms with Gasteiger partial charge in [-0.2, -0.15) is 0 Å². The zero-order chi connectivity index (χ0) is 16.0. The number of halogens is 1. The first-order chi connectivity index (χ1) is 11.2. The maximum atomic E-state index is 12.1. The first kappa shape index (κ1) is 14.8. The van der Waals surface area contributed by atoms with Gasteiger partial charge in [-0.15, -0.1) is 11.3 Å². The normalized spacial score (nSPS) is 20.4. The Morgan fingerprint density at radius 3 is 2.87 bits per heavy atom. The van der Waals surface area contributed by atoms with Crippen LogP contribution in [0.25, 0.3) is 10.9 Å². The van der Waals surface area contributed by atoms with Crippen molar-refractivity contribution < 1.29 is 9.53 Å². The predicted octanol–water partition coefficient (Wildman–Crippen LogP) is 3.66. The van der Waals surface area contributed by atoms with E-state index in [1.165, 1.54) is 24.0 Å². The monoisotopic (exact) mass is 346 g/mol. The summed E-state index contributed by atoms with van der Waals surface area (Å²) in [6.07, 6.45) is 0.613. The van der Waals surface area contributed by atoms with Crippen molar-refractivity contribution in [1.82, 2.24) is 10.3 Å². The number of hydrogen-bond donors (Lipinski definition) is 2. The summed E-state index contributed by atoms with van der Waals surface area (Å²) in [4.78, 5) is 16.7. The van der Waals surface area contributed by atoms with Crippen molar-refractivity contribution in [2.24, 2.45) is 0 Å². The number of hydrogen-bond acceptors (Lipinski definition) is 4. The molecule has 0 saturated carbocycles. The number of benzene rings is 1. The third-order valence-corrected chi connectivity index (χ3v) is 5.57. The molecule has 0 fully saturated rings. The fraction of sp³-hybridized carbons (Fsp3) is 0.235. The highest BCUT2D eigenvalue weighted by Crippen LogP contribution is 2.38. The molecule has 3 aromatic rings. The van der Waals surface area contributed by atoms with Gasteiger partial charge in [0.1, 0.15) is 6.04 Å². The molecule has 0 aliphatic carbocycles. The molecule has 0 spiro atoms. The number of para-hydroxylation sites is 1. The molecular weight excluding hydrogens is 332 g/mol. The topological polar surface area (TPSA) is 54.1 Å². The van der Waals surface area contributed by atoms with Crippen LogP contribution < -0.4 is 5.32 Å². The standard InChI is InChI=1S/C17H15ClN2O2S/c1-22-17(21)12-8-10-9-4-2-3-5-11(9)19-15(10)16(20-12)13-6-7-14(18)23-13/h2-7,12,16,19-20H,8H2,1H3/t12-,16-/m0/s1. The fourth-order valence-electron chi connectivity index (χ4n) is 3.24. The largest absolute Gasteiger partial charge is 0.468 e. The van der Waals surface area contributed by atoms with Gasteiger partial charge < -0.3 is 9.72 Å². The Labute approximate surface area is 142 Å². The van der Waals surface area contributed by atoms with E-state index in [4.69, 9.17) is 16.3 Å². The molecule has 0 radical (unpaired) electrons. The number of methoxy groups -OCH3 is 1. The van der Waals surface area contributed by atoms with Crippen molar-refractivity contribution in [1.29, 1.82) is 0 Å². The summed E-state index contributed by atoms with van der Waals surface area (Å²) >= 11 is 7.62. The van der Waals surface area contributed by atoms with E-state index in [0.717, 1.165) is 25.8 Å². The average Bonchev–Trinajstić information content (AvgIpc) is 3.16. The fourth-order valence-corrected chi connectivity index (χ4v) is 4.37. The quantitative estimate of drug-likeness (QED) is 0.696. The van der Waals surface area contributed by atoms with Gasteiger partial charge >= 0.3 is 5.97 Å². The minimum absolute atomic E-state index is 0.0900. The van der Waals surface area contributed by atoms with E-state index < -0.39 is 0 Å². The Morgan fingerprint density at radius 1 is 1.30 bits per heavy atom. The summed E-state index contributed by atoms with van der Waals surface area (Å²) in [6.45, 7) is 0. The predicted molar refractivity (Wildman–Crippen MR) is 92.1 cm³/mol. The number of aromatic nitrogens is 1. The van der Waals surface area contributed by atoms with Gasteiger partial charge in [0.05, 0.1) is 17.5 Å². The molecule has 4 nitrogen and oxygen atoms in total. The van der Waals surface area contributed by atoms with Crippen LogP contribution in [0.4, 0.5) is 0 Å². The van der Waals surface area contributed by atoms with Crippen LogP contribution >= 0.6 is 22.9 Å². The molecule has 1 aromatic carbocycles. The molecule has 2 N–H and O–H groups in total. The summed E-state index contributed by atoms with van der Waals surface area (Å²) in [5.41, 5.74) is 3.35. The third-order valence-electron chi connectivity index (χ3n) is 4.28. The van der Waals surface area contributed by atoms with Crippen LogP contribution in [0, 0.1) is 0 Å². The lowest BCUT2D eigenvalue weighted by atomic mass is 9.93. The molecule has 2 aromatic heterocycles. The van der Waals surface area contributed by atoms with Gasteiger partial charge in [0.2, 0.25) is 0 Å². The molecular formula is C17H15ClN2O2S. The van der Waals surface area contributed by atoms with Crippen LogP contribution in [0.3, 0.4) is 0 Å². The van der Waals surface area contributed by atoms with Crippen molar-refractivity contribution in [3.8, 4) is 0 Å². The minimum Gasteiger partial charge on any atom is -0.468 e. The van der Waals surface area contributed by atoms with Crippen LogP contribution in [0.15, 0.2) is 36.4 Å². The van der Waals surface area contributed by atoms with Crippen LogP contribution in [0.1, 0.15) is 22.2 Å². The Hall–Kier alpha value is -1.82. The highest BCUT2D eigenvalue weighted by molar-refractivity contribution is 7.16. The maximum Gasteiger partial charge on any atom is 0.323 e. The lowest BCUT2D eigenvalue weighted by Gasteiger charge is -2.29. The van der Waals surface area contributed by atoms with Crippen molar-refractivity contribution >= 4 is 39.8 Å². The summed E-state index contributed by atoms with van der Waals surface area (Å²) in [5.74, 6) is -0.242. The molecule has 0 amide bonds. The van der Waals surface area contributed by atoms with Crippen molar-refractivity contribution in [3.05, 3.63) is 56.9 Å². The number of H-pyrrole nitrogens is 1. The summed E-state index contributed by atoms with van der Waals surface area (Å²) in [5, 5.41) is 4.55. The number of thiophene rings is 1. The number of esters is 1. The van der Waals surface area contributed by atoms with Crippen LogP contribution in [-0.2, 0) is 16.0 Å². The van der Waals surface area contributed by atoms with Gasteiger partial charge in [-0.25, -0.2) is 0 Å². The molecule has 23 heavy (non-hydrogen) atoms. The second-order valence-electron chi connectivity index (χ2n) is 5.58. The third kappa shape index (κ3) is 2.45. The van der Waals surface area contributed by atoms with Gasteiger partial charge in [-0.05, 0) is 23.8 Å². The van der Waals surface area contributed by atoms with E-state index in [2.05, 4.69) is 22.4 Å². The molecule has 118 valence electrons. The maximum absolute atomic E-state index is 12.1. The summed E-state index contributed by atoms with van der Waals surface area (Å²) in [6, 6.07) is 11.6. The second-order valence-corrected chi connectivity index (χ2v) is 7.33. The zero-order valence-electron chi connectivity index (χ0n) is 12.4. The number of ether oxygens (including phenoxy) is 1. The summed E-state index contributed by atoms with van der Waals surface area (Å²) in [7, 11) is 1.42. The van der Waals surface area contributed by atoms with Crippen molar-refractivity contribution in [3.63, 3.8) is 0 Å². The number of fused-ring (bicyclic) bond motifs is 3. The Balaban J connectivity index is 1.87. The minimum atomic E-state index is -0.363. The van der Waals surface area contributed by atoms with Crippen LogP contribution in [0.2, 0.25) is 4.34 Å². The molecule has 1 aliphatic rings. The number of carbonyl (C=O) groups is 1. The molecule has 0 saturated heterocycles. The highest BCUT2D eigenvalue weighted by Gasteiger charge is 2.34. The molecule has 3 heterocycles. The average molecular weight is 347 g/mol. The van der Waals surface area contributed by atoms with E-state index >= 15 is 0 Å². The Bertz CT molecular complexity index is 886. The molecule has 2 atom stereocenters. The first-order valence-corrected chi connectivity index (χ1v) is 8.55. The van der Waals surface area contributed by atoms with Gasteiger partial charge in [0, 0.05) is 27.9 Å². The summed E-state index contributed by atoms with van der Waals surface area (Å²) < 4.78 is 5.68. The van der Waals surface area contributed by atoms with Crippen molar-refractivity contribution in [2.45, 2.75) is 18.5 Å². The Morgan fingerprint density at radius 2 is 2.13 bits per heavy atom. The smallest absolute Gasteiger partial charge is 0.323 e. The Kier molecular flexibility index (Phi) is 3.64. The van der Waals surface area contributed by atoms with Crippen LogP contribution in [-0.4, -0.2) is 24.1 Å². The molecule has 6 heteroatoms. The van der Waals surface area contributed by atoms with Gasteiger partial charge in [0.15, 0.2) is 0 Å². The van der Waals surface area contributed by atoms with E-state index in [1.54, 1.807) is 0 Å². The number of aromatic amines is 1. The first-order valence-electron chi connectivity index (χ1n) is 7.36. The number of rotatable bonds is 2. The van der Waals surface area contributed by atoms with E-state index in [1.807, 2.05) is 24.3 Å². The highest BCUT2D eigenvalue weighted by atomic mass is 35.5. The molecule has 1 aliphatic heterocycles. The SMILES string of the molecule is COC(=O)[C@@H]1Cc2c([nH]c3ccccc23)[C@H](c2ccc(Cl)s2)N1. The van der Waals surface area contributed by atoms with Gasteiger partial charge in [0.25, 0.3) is 0 Å². The van der Waals surface area contributed by atoms with Gasteiger partial charge in [-0.1, -0.05) is 29.8 Å². The van der Waals surface area contributed by atoms with Crippen LogP contribution in [0.5, 0.6) is 0 Å². The molecule has 0 unspecified atom stereocenters. The molecule has 4 rings (SSSR count).